The highest BCUT2D eigenvalue weighted by atomic mass is 32.2. The van der Waals surface area contributed by atoms with Crippen molar-refractivity contribution in [2.45, 2.75) is 32.6 Å². The van der Waals surface area contributed by atoms with E-state index >= 15 is 0 Å². The van der Waals surface area contributed by atoms with Gasteiger partial charge >= 0.3 is 5.97 Å². The van der Waals surface area contributed by atoms with Crippen molar-refractivity contribution < 1.29 is 17.9 Å². The molecule has 0 spiro atoms. The number of aryl methyl sites for hydroxylation is 1. The molecule has 0 unspecified atom stereocenters. The number of esters is 1. The maximum absolute atomic E-state index is 11.8. The Labute approximate surface area is 117 Å². The van der Waals surface area contributed by atoms with E-state index in [4.69, 9.17) is 4.74 Å². The summed E-state index contributed by atoms with van der Waals surface area (Å²) >= 11 is 1.35. The molecule has 106 valence electrons. The van der Waals surface area contributed by atoms with Gasteiger partial charge in [-0.3, -0.25) is 4.72 Å². The summed E-state index contributed by atoms with van der Waals surface area (Å²) in [5, 5.41) is 0.407. The van der Waals surface area contributed by atoms with Crippen molar-refractivity contribution in [1.82, 2.24) is 0 Å². The SMILES string of the molecule is CCCS(=O)(=O)Nc1sc2c(c1C(=O)OC)CCC2. The van der Waals surface area contributed by atoms with Crippen molar-refractivity contribution in [2.24, 2.45) is 0 Å². The van der Waals surface area contributed by atoms with E-state index in [0.29, 0.717) is 17.0 Å². The lowest BCUT2D eigenvalue weighted by Gasteiger charge is -2.08. The summed E-state index contributed by atoms with van der Waals surface area (Å²) in [5.41, 5.74) is 1.35. The van der Waals surface area contributed by atoms with Crippen molar-refractivity contribution >= 4 is 32.3 Å². The number of nitrogens with one attached hydrogen (secondary N) is 1. The zero-order chi connectivity index (χ0) is 14.0. The fourth-order valence-corrected chi connectivity index (χ4v) is 4.96. The number of fused-ring (bicyclic) bond motifs is 1. The monoisotopic (exact) mass is 303 g/mol. The van der Waals surface area contributed by atoms with Crippen LogP contribution in [0.1, 0.15) is 40.6 Å². The van der Waals surface area contributed by atoms with E-state index in [1.165, 1.54) is 18.4 Å². The number of carbonyl (C=O) groups is 1. The van der Waals surface area contributed by atoms with Gasteiger partial charge in [0.1, 0.15) is 5.00 Å². The zero-order valence-corrected chi connectivity index (χ0v) is 12.6. The van der Waals surface area contributed by atoms with Crippen LogP contribution in [0.25, 0.3) is 0 Å². The van der Waals surface area contributed by atoms with Gasteiger partial charge in [-0.05, 0) is 31.2 Å². The molecule has 0 aliphatic heterocycles. The largest absolute Gasteiger partial charge is 0.465 e. The quantitative estimate of drug-likeness (QED) is 0.846. The van der Waals surface area contributed by atoms with Crippen LogP contribution in [0.15, 0.2) is 0 Å². The van der Waals surface area contributed by atoms with Crippen molar-refractivity contribution in [3.05, 3.63) is 16.0 Å². The Bertz CT molecular complexity index is 589. The van der Waals surface area contributed by atoms with Gasteiger partial charge in [0.2, 0.25) is 10.0 Å². The molecule has 1 N–H and O–H groups in total. The third-order valence-corrected chi connectivity index (χ3v) is 5.83. The van der Waals surface area contributed by atoms with E-state index in [1.54, 1.807) is 6.92 Å². The van der Waals surface area contributed by atoms with Crippen LogP contribution in [0.3, 0.4) is 0 Å². The van der Waals surface area contributed by atoms with Gasteiger partial charge in [0.05, 0.1) is 18.4 Å². The van der Waals surface area contributed by atoms with Gasteiger partial charge in [-0.1, -0.05) is 6.92 Å². The minimum Gasteiger partial charge on any atom is -0.465 e. The second-order valence-electron chi connectivity index (χ2n) is 4.47. The molecule has 0 saturated carbocycles. The van der Waals surface area contributed by atoms with Crippen molar-refractivity contribution in [2.75, 3.05) is 17.6 Å². The Kier molecular flexibility index (Phi) is 4.15. The van der Waals surface area contributed by atoms with Gasteiger partial charge in [-0.25, -0.2) is 13.2 Å². The third kappa shape index (κ3) is 2.92. The Balaban J connectivity index is 2.38. The number of thiophene rings is 1. The Hall–Kier alpha value is -1.08. The van der Waals surface area contributed by atoms with Gasteiger partial charge in [-0.2, -0.15) is 0 Å². The van der Waals surface area contributed by atoms with E-state index in [9.17, 15) is 13.2 Å². The maximum Gasteiger partial charge on any atom is 0.341 e. The molecule has 0 saturated heterocycles. The number of sulfonamides is 1. The number of hydrogen-bond donors (Lipinski definition) is 1. The Morgan fingerprint density at radius 2 is 2.16 bits per heavy atom. The molecule has 1 aliphatic rings. The van der Waals surface area contributed by atoms with E-state index in [0.717, 1.165) is 29.7 Å². The molecule has 0 aromatic carbocycles. The highest BCUT2D eigenvalue weighted by Gasteiger charge is 2.28. The van der Waals surface area contributed by atoms with E-state index in [-0.39, 0.29) is 5.75 Å². The number of hydrogen-bond acceptors (Lipinski definition) is 5. The van der Waals surface area contributed by atoms with Crippen LogP contribution in [0.4, 0.5) is 5.00 Å². The van der Waals surface area contributed by atoms with Crippen molar-refractivity contribution in [3.63, 3.8) is 0 Å². The van der Waals surface area contributed by atoms with Crippen LogP contribution in [0.2, 0.25) is 0 Å². The first-order chi connectivity index (χ1) is 8.98. The second-order valence-corrected chi connectivity index (χ2v) is 7.42. The number of rotatable bonds is 5. The average molecular weight is 303 g/mol. The van der Waals surface area contributed by atoms with E-state index < -0.39 is 16.0 Å². The maximum atomic E-state index is 11.8. The van der Waals surface area contributed by atoms with Crippen LogP contribution < -0.4 is 4.72 Å². The normalized spacial score (nSPS) is 14.2. The standard InChI is InChI=1S/C12H17NO4S2/c1-3-7-19(15,16)13-11-10(12(14)17-2)8-5-4-6-9(8)18-11/h13H,3-7H2,1-2H3. The van der Waals surface area contributed by atoms with E-state index in [2.05, 4.69) is 4.72 Å². The Morgan fingerprint density at radius 3 is 2.79 bits per heavy atom. The molecular weight excluding hydrogens is 286 g/mol. The summed E-state index contributed by atoms with van der Waals surface area (Å²) in [4.78, 5) is 12.9. The van der Waals surface area contributed by atoms with Crippen molar-refractivity contribution in [1.29, 1.82) is 0 Å². The highest BCUT2D eigenvalue weighted by Crippen LogP contribution is 2.39. The van der Waals surface area contributed by atoms with Crippen LogP contribution in [0, 0.1) is 0 Å². The predicted octanol–water partition coefficient (Wildman–Crippen LogP) is 2.18. The van der Waals surface area contributed by atoms with Gasteiger partial charge in [0.25, 0.3) is 0 Å². The Morgan fingerprint density at radius 1 is 1.42 bits per heavy atom. The lowest BCUT2D eigenvalue weighted by Crippen LogP contribution is -2.17. The fourth-order valence-electron chi connectivity index (χ4n) is 2.26. The summed E-state index contributed by atoms with van der Waals surface area (Å²) in [6.45, 7) is 1.80. The van der Waals surface area contributed by atoms with Gasteiger partial charge in [0, 0.05) is 4.88 Å². The molecule has 1 aliphatic carbocycles. The van der Waals surface area contributed by atoms with Gasteiger partial charge < -0.3 is 4.74 Å². The predicted molar refractivity (Wildman–Crippen MR) is 75.4 cm³/mol. The van der Waals surface area contributed by atoms with Crippen LogP contribution >= 0.6 is 11.3 Å². The average Bonchev–Trinajstić information content (AvgIpc) is 2.87. The summed E-state index contributed by atoms with van der Waals surface area (Å²) in [5.74, 6) is -0.412. The topological polar surface area (TPSA) is 72.5 Å². The number of anilines is 1. The molecule has 0 amide bonds. The van der Waals surface area contributed by atoms with Gasteiger partial charge in [-0.15, -0.1) is 11.3 Å². The number of methoxy groups -OCH3 is 1. The van der Waals surface area contributed by atoms with Crippen molar-refractivity contribution in [3.8, 4) is 0 Å². The van der Waals surface area contributed by atoms with E-state index in [1.807, 2.05) is 0 Å². The second kappa shape index (κ2) is 5.50. The molecule has 5 nitrogen and oxygen atoms in total. The zero-order valence-electron chi connectivity index (χ0n) is 11.0. The minimum atomic E-state index is -3.38. The minimum absolute atomic E-state index is 0.0518. The molecule has 2 rings (SSSR count). The molecule has 0 atom stereocenters. The molecule has 1 aromatic heterocycles. The molecule has 7 heteroatoms. The number of ether oxygens (including phenoxy) is 1. The summed E-state index contributed by atoms with van der Waals surface area (Å²) in [7, 11) is -2.07. The first-order valence-corrected chi connectivity index (χ1v) is 8.68. The smallest absolute Gasteiger partial charge is 0.341 e. The molecule has 0 fully saturated rings. The van der Waals surface area contributed by atoms with Gasteiger partial charge in [0.15, 0.2) is 0 Å². The molecule has 1 aromatic rings. The third-order valence-electron chi connectivity index (χ3n) is 3.03. The summed E-state index contributed by atoms with van der Waals surface area (Å²) in [6, 6.07) is 0. The molecule has 1 heterocycles. The van der Waals surface area contributed by atoms with Crippen LogP contribution in [0.5, 0.6) is 0 Å². The lowest BCUT2D eigenvalue weighted by molar-refractivity contribution is 0.0601. The first-order valence-electron chi connectivity index (χ1n) is 6.22. The number of carbonyl (C=O) groups excluding carboxylic acids is 1. The molecule has 0 bridgehead atoms. The lowest BCUT2D eigenvalue weighted by atomic mass is 10.1. The molecule has 19 heavy (non-hydrogen) atoms. The summed E-state index contributed by atoms with van der Waals surface area (Å²) in [6.07, 6.45) is 3.26. The van der Waals surface area contributed by atoms with Crippen LogP contribution in [-0.2, 0) is 27.6 Å². The molecular formula is C12H17NO4S2. The molecule has 0 radical (unpaired) electrons. The summed E-state index contributed by atoms with van der Waals surface area (Å²) < 4.78 is 31.0. The highest BCUT2D eigenvalue weighted by molar-refractivity contribution is 7.92. The first kappa shape index (κ1) is 14.3. The fraction of sp³-hybridized carbons (Fsp3) is 0.583. The van der Waals surface area contributed by atoms with Crippen LogP contribution in [-0.4, -0.2) is 27.2 Å².